The zero-order chi connectivity index (χ0) is 19.2. The maximum Gasteiger partial charge on any atom is 0.228 e. The van der Waals surface area contributed by atoms with E-state index in [1.54, 1.807) is 11.3 Å². The molecule has 3 atom stereocenters. The molecule has 1 aromatic heterocycles. The quantitative estimate of drug-likeness (QED) is 0.765. The molecule has 1 amide bonds. The Balaban J connectivity index is 1.50. The fraction of sp³-hybridized carbons (Fsp3) is 0.478. The largest absolute Gasteiger partial charge is 0.316 e. The van der Waals surface area contributed by atoms with Crippen LogP contribution < -0.4 is 5.32 Å². The van der Waals surface area contributed by atoms with Crippen LogP contribution in [0.15, 0.2) is 30.3 Å². The van der Waals surface area contributed by atoms with Crippen molar-refractivity contribution in [2.75, 3.05) is 5.32 Å². The van der Waals surface area contributed by atoms with Gasteiger partial charge in [0.25, 0.3) is 0 Å². The number of hydrogen-bond donors (Lipinski definition) is 1. The molecule has 2 aliphatic rings. The van der Waals surface area contributed by atoms with Crippen molar-refractivity contribution in [2.45, 2.75) is 52.4 Å². The van der Waals surface area contributed by atoms with Gasteiger partial charge in [-0.3, -0.25) is 4.79 Å². The van der Waals surface area contributed by atoms with Crippen molar-refractivity contribution < 1.29 is 4.79 Å². The van der Waals surface area contributed by atoms with Gasteiger partial charge in [0.1, 0.15) is 11.1 Å². The van der Waals surface area contributed by atoms with Crippen molar-refractivity contribution >= 4 is 22.2 Å². The average Bonchev–Trinajstić information content (AvgIpc) is 3.37. The highest BCUT2D eigenvalue weighted by atomic mass is 32.1. The van der Waals surface area contributed by atoms with Gasteiger partial charge in [0.15, 0.2) is 0 Å². The van der Waals surface area contributed by atoms with E-state index in [9.17, 15) is 10.1 Å². The number of hydrogen-bond acceptors (Lipinski definition) is 3. The Morgan fingerprint density at radius 3 is 2.67 bits per heavy atom. The van der Waals surface area contributed by atoms with E-state index in [-0.39, 0.29) is 17.2 Å². The molecule has 27 heavy (non-hydrogen) atoms. The number of nitriles is 1. The molecule has 1 aromatic carbocycles. The molecule has 1 fully saturated rings. The first kappa shape index (κ1) is 18.3. The molecule has 1 N–H and O–H groups in total. The summed E-state index contributed by atoms with van der Waals surface area (Å²) in [5.41, 5.74) is 3.38. The number of amides is 1. The van der Waals surface area contributed by atoms with Crippen molar-refractivity contribution in [3.05, 3.63) is 51.9 Å². The first-order chi connectivity index (χ1) is 12.9. The fourth-order valence-corrected chi connectivity index (χ4v) is 5.57. The lowest BCUT2D eigenvalue weighted by Gasteiger charge is -2.33. The Morgan fingerprint density at radius 2 is 2.00 bits per heavy atom. The summed E-state index contributed by atoms with van der Waals surface area (Å²) in [6.07, 6.45) is 3.98. The van der Waals surface area contributed by atoms with Gasteiger partial charge in [0.2, 0.25) is 5.91 Å². The summed E-state index contributed by atoms with van der Waals surface area (Å²) in [5.74, 6) is 1.04. The van der Waals surface area contributed by atoms with Gasteiger partial charge in [-0.15, -0.1) is 11.3 Å². The normalized spacial score (nSPS) is 24.0. The molecule has 4 heteroatoms. The van der Waals surface area contributed by atoms with Gasteiger partial charge >= 0.3 is 0 Å². The topological polar surface area (TPSA) is 52.9 Å². The highest BCUT2D eigenvalue weighted by Gasteiger charge is 2.44. The molecule has 0 spiro atoms. The van der Waals surface area contributed by atoms with Gasteiger partial charge in [0, 0.05) is 10.8 Å². The number of nitrogens with zero attached hydrogens (tertiary/aromatic N) is 1. The summed E-state index contributed by atoms with van der Waals surface area (Å²) >= 11 is 1.62. The number of fused-ring (bicyclic) bond motifs is 1. The summed E-state index contributed by atoms with van der Waals surface area (Å²) in [6, 6.07) is 12.6. The van der Waals surface area contributed by atoms with Crippen LogP contribution in [0.5, 0.6) is 0 Å². The number of benzene rings is 1. The lowest BCUT2D eigenvalue weighted by Crippen LogP contribution is -2.26. The number of nitrogens with one attached hydrogen (secondary N) is 1. The minimum atomic E-state index is 0.0281. The van der Waals surface area contributed by atoms with Crippen molar-refractivity contribution in [1.82, 2.24) is 0 Å². The number of anilines is 1. The lowest BCUT2D eigenvalue weighted by molar-refractivity contribution is -0.117. The second kappa shape index (κ2) is 6.80. The predicted octanol–water partition coefficient (Wildman–Crippen LogP) is 5.51. The van der Waals surface area contributed by atoms with Crippen molar-refractivity contribution in [1.29, 1.82) is 5.26 Å². The first-order valence-electron chi connectivity index (χ1n) is 9.79. The molecule has 0 radical (unpaired) electrons. The summed E-state index contributed by atoms with van der Waals surface area (Å²) in [7, 11) is 0. The minimum absolute atomic E-state index is 0.0281. The molecular formula is C23H26N2OS. The molecule has 0 aliphatic heterocycles. The zero-order valence-electron chi connectivity index (χ0n) is 16.2. The number of carbonyl (C=O) groups is 1. The Bertz CT molecular complexity index is 901. The maximum absolute atomic E-state index is 12.7. The van der Waals surface area contributed by atoms with Gasteiger partial charge in [-0.1, -0.05) is 51.1 Å². The number of carbonyl (C=O) groups excluding carboxylic acids is 1. The van der Waals surface area contributed by atoms with E-state index in [0.717, 1.165) is 30.7 Å². The SMILES string of the molecule is CC(C)(C)C1CCc2c(sc(NC(=O)C3CC3c3ccccc3)c2C#N)C1. The molecule has 0 bridgehead atoms. The zero-order valence-corrected chi connectivity index (χ0v) is 17.0. The Morgan fingerprint density at radius 1 is 1.26 bits per heavy atom. The van der Waals surface area contributed by atoms with Crippen LogP contribution in [0.3, 0.4) is 0 Å². The molecule has 1 saturated carbocycles. The van der Waals surface area contributed by atoms with E-state index in [2.05, 4.69) is 44.3 Å². The molecular weight excluding hydrogens is 352 g/mol. The Labute approximate surface area is 165 Å². The van der Waals surface area contributed by atoms with Crippen LogP contribution in [0, 0.1) is 28.6 Å². The standard InChI is InChI=1S/C23H26N2OS/c1-23(2,3)15-9-10-16-19(13-24)22(27-20(16)11-15)25-21(26)18-12-17(18)14-7-5-4-6-8-14/h4-8,15,17-18H,9-12H2,1-3H3,(H,25,26). The highest BCUT2D eigenvalue weighted by Crippen LogP contribution is 2.49. The summed E-state index contributed by atoms with van der Waals surface area (Å²) in [4.78, 5) is 14.0. The van der Waals surface area contributed by atoms with Crippen molar-refractivity contribution in [2.24, 2.45) is 17.3 Å². The summed E-state index contributed by atoms with van der Waals surface area (Å²) in [6.45, 7) is 6.88. The summed E-state index contributed by atoms with van der Waals surface area (Å²) in [5, 5.41) is 13.5. The van der Waals surface area contributed by atoms with Gasteiger partial charge in [-0.05, 0) is 54.1 Å². The van der Waals surface area contributed by atoms with Crippen LogP contribution >= 0.6 is 11.3 Å². The van der Waals surface area contributed by atoms with Gasteiger partial charge in [0.05, 0.1) is 5.56 Å². The molecule has 3 nitrogen and oxygen atoms in total. The molecule has 2 aromatic rings. The molecule has 140 valence electrons. The van der Waals surface area contributed by atoms with E-state index in [4.69, 9.17) is 0 Å². The average molecular weight is 379 g/mol. The third kappa shape index (κ3) is 3.53. The summed E-state index contributed by atoms with van der Waals surface area (Å²) < 4.78 is 0. The molecule has 0 saturated heterocycles. The van der Waals surface area contributed by atoms with Crippen LogP contribution in [0.1, 0.15) is 61.1 Å². The Kier molecular flexibility index (Phi) is 4.60. The fourth-order valence-electron chi connectivity index (χ4n) is 4.29. The van der Waals surface area contributed by atoms with Crippen LogP contribution in [0.4, 0.5) is 5.00 Å². The molecule has 3 unspecified atom stereocenters. The number of rotatable bonds is 3. The third-order valence-electron chi connectivity index (χ3n) is 6.19. The van der Waals surface area contributed by atoms with E-state index in [1.807, 2.05) is 18.2 Å². The van der Waals surface area contributed by atoms with Gasteiger partial charge < -0.3 is 5.32 Å². The van der Waals surface area contributed by atoms with Crippen molar-refractivity contribution in [3.63, 3.8) is 0 Å². The Hall–Kier alpha value is -2.12. The van der Waals surface area contributed by atoms with E-state index in [1.165, 1.54) is 16.0 Å². The van der Waals surface area contributed by atoms with Crippen molar-refractivity contribution in [3.8, 4) is 6.07 Å². The van der Waals surface area contributed by atoms with Crippen LogP contribution in [-0.2, 0) is 17.6 Å². The first-order valence-corrected chi connectivity index (χ1v) is 10.6. The maximum atomic E-state index is 12.7. The van der Waals surface area contributed by atoms with E-state index in [0.29, 0.717) is 17.4 Å². The third-order valence-corrected chi connectivity index (χ3v) is 7.36. The van der Waals surface area contributed by atoms with Crippen LogP contribution in [0.25, 0.3) is 0 Å². The van der Waals surface area contributed by atoms with Gasteiger partial charge in [-0.2, -0.15) is 5.26 Å². The molecule has 2 aliphatic carbocycles. The van der Waals surface area contributed by atoms with E-state index >= 15 is 0 Å². The lowest BCUT2D eigenvalue weighted by atomic mass is 9.72. The minimum Gasteiger partial charge on any atom is -0.316 e. The number of thiophene rings is 1. The predicted molar refractivity (Wildman–Crippen MR) is 110 cm³/mol. The smallest absolute Gasteiger partial charge is 0.228 e. The second-order valence-corrected chi connectivity index (χ2v) is 10.1. The van der Waals surface area contributed by atoms with Gasteiger partial charge in [-0.25, -0.2) is 0 Å². The monoisotopic (exact) mass is 378 g/mol. The molecule has 1 heterocycles. The molecule has 4 rings (SSSR count). The van der Waals surface area contributed by atoms with E-state index < -0.39 is 0 Å². The van der Waals surface area contributed by atoms with Crippen LogP contribution in [0.2, 0.25) is 0 Å². The highest BCUT2D eigenvalue weighted by molar-refractivity contribution is 7.16. The van der Waals surface area contributed by atoms with Crippen LogP contribution in [-0.4, -0.2) is 5.91 Å². The second-order valence-electron chi connectivity index (χ2n) is 8.97.